The third-order valence-electron chi connectivity index (χ3n) is 11.1. The third-order valence-corrected chi connectivity index (χ3v) is 11.8. The molecule has 2 saturated heterocycles. The SMILES string of the molecule is COc1cccc(O)c1C1C2=CCC3C(=O)N(c4ccc(C)c(Cl)c4)C(=O)C3C2CC2C(=O)N(c3cccc(Cl)c3)C(=O)C21c1ccccc1. The Balaban J connectivity index is 1.37. The second kappa shape index (κ2) is 11.9. The second-order valence-electron chi connectivity index (χ2n) is 13.4. The molecule has 50 heavy (non-hydrogen) atoms. The number of phenols is 1. The number of aryl methyl sites for hydroxylation is 1. The van der Waals surface area contributed by atoms with Crippen molar-refractivity contribution in [2.75, 3.05) is 16.9 Å². The van der Waals surface area contributed by atoms with Crippen molar-refractivity contribution in [2.24, 2.45) is 23.7 Å². The molecule has 4 aromatic carbocycles. The van der Waals surface area contributed by atoms with Gasteiger partial charge < -0.3 is 9.84 Å². The molecule has 2 heterocycles. The molecule has 0 radical (unpaired) electrons. The highest BCUT2D eigenvalue weighted by Gasteiger charge is 2.71. The van der Waals surface area contributed by atoms with Crippen molar-refractivity contribution in [3.05, 3.63) is 129 Å². The van der Waals surface area contributed by atoms with Crippen LogP contribution in [0, 0.1) is 30.6 Å². The maximum atomic E-state index is 15.4. The lowest BCUT2D eigenvalue weighted by Crippen LogP contribution is -2.53. The van der Waals surface area contributed by atoms with E-state index < -0.39 is 46.8 Å². The van der Waals surface area contributed by atoms with Crippen LogP contribution in [0.4, 0.5) is 11.4 Å². The maximum Gasteiger partial charge on any atom is 0.246 e. The summed E-state index contributed by atoms with van der Waals surface area (Å²) >= 11 is 12.8. The van der Waals surface area contributed by atoms with Gasteiger partial charge in [0.1, 0.15) is 11.5 Å². The minimum atomic E-state index is -1.54. The first-order valence-electron chi connectivity index (χ1n) is 16.5. The van der Waals surface area contributed by atoms with Crippen LogP contribution in [0.3, 0.4) is 0 Å². The fraction of sp³-hybridized carbons (Fsp3) is 0.250. The lowest BCUT2D eigenvalue weighted by atomic mass is 9.49. The standard InChI is InChI=1S/C40H32Cl2N2O6/c1-21-14-15-25(19-30(21)42)43-36(46)27-17-16-26-28(33(27)38(43)48)20-29-37(47)44(24-11-6-10-23(41)18-24)39(49)40(29,22-8-4-3-5-9-22)35(26)34-31(45)12-7-13-32(34)50-2/h3-16,18-19,27-29,33,35,45H,17,20H2,1-2H3. The zero-order valence-corrected chi connectivity index (χ0v) is 28.7. The van der Waals surface area contributed by atoms with Gasteiger partial charge in [0.05, 0.1) is 41.7 Å². The molecule has 1 N–H and O–H groups in total. The number of halogens is 2. The molecule has 6 atom stereocenters. The molecule has 252 valence electrons. The fourth-order valence-electron chi connectivity index (χ4n) is 9.03. The average molecular weight is 708 g/mol. The Hall–Kier alpha value is -4.92. The van der Waals surface area contributed by atoms with Gasteiger partial charge in [-0.25, -0.2) is 9.80 Å². The van der Waals surface area contributed by atoms with E-state index in [1.165, 1.54) is 23.0 Å². The number of rotatable bonds is 5. The first-order chi connectivity index (χ1) is 24.1. The number of nitrogens with zero attached hydrogens (tertiary/aromatic N) is 2. The third kappa shape index (κ3) is 4.44. The molecule has 0 bridgehead atoms. The summed E-state index contributed by atoms with van der Waals surface area (Å²) in [5.41, 5.74) is 1.63. The van der Waals surface area contributed by atoms with E-state index in [1.54, 1.807) is 54.6 Å². The summed E-state index contributed by atoms with van der Waals surface area (Å²) in [6, 6.07) is 25.7. The average Bonchev–Trinajstić information content (AvgIpc) is 3.50. The van der Waals surface area contributed by atoms with E-state index in [9.17, 15) is 19.5 Å². The van der Waals surface area contributed by atoms with Crippen LogP contribution >= 0.6 is 23.2 Å². The second-order valence-corrected chi connectivity index (χ2v) is 14.3. The summed E-state index contributed by atoms with van der Waals surface area (Å²) in [4.78, 5) is 61.3. The van der Waals surface area contributed by atoms with Gasteiger partial charge in [-0.15, -0.1) is 0 Å². The van der Waals surface area contributed by atoms with Gasteiger partial charge in [0.2, 0.25) is 23.6 Å². The maximum absolute atomic E-state index is 15.4. The predicted octanol–water partition coefficient (Wildman–Crippen LogP) is 7.38. The van der Waals surface area contributed by atoms with Crippen LogP contribution < -0.4 is 14.5 Å². The molecule has 8 rings (SSSR count). The van der Waals surface area contributed by atoms with Crippen LogP contribution in [0.15, 0.2) is 103 Å². The Bertz CT molecular complexity index is 2150. The molecule has 4 aliphatic rings. The van der Waals surface area contributed by atoms with E-state index in [1.807, 2.05) is 43.3 Å². The Kier molecular flexibility index (Phi) is 7.66. The van der Waals surface area contributed by atoms with Gasteiger partial charge in [-0.1, -0.05) is 83.4 Å². The molecule has 0 aromatic heterocycles. The molecule has 10 heteroatoms. The molecule has 0 spiro atoms. The van der Waals surface area contributed by atoms with Crippen LogP contribution in [0.1, 0.15) is 35.4 Å². The van der Waals surface area contributed by atoms with Crippen LogP contribution in [-0.4, -0.2) is 35.8 Å². The number of hydrogen-bond acceptors (Lipinski definition) is 6. The molecular weight excluding hydrogens is 675 g/mol. The number of ether oxygens (including phenoxy) is 1. The summed E-state index contributed by atoms with van der Waals surface area (Å²) in [6.45, 7) is 1.84. The number of allylic oxidation sites excluding steroid dienone is 2. The Morgan fingerprint density at radius 1 is 0.800 bits per heavy atom. The number of methoxy groups -OCH3 is 1. The van der Waals surface area contributed by atoms with Crippen molar-refractivity contribution in [1.82, 2.24) is 0 Å². The summed E-state index contributed by atoms with van der Waals surface area (Å²) in [5, 5.41) is 12.5. The van der Waals surface area contributed by atoms with Gasteiger partial charge in [0.25, 0.3) is 0 Å². The first kappa shape index (κ1) is 32.3. The van der Waals surface area contributed by atoms with Crippen LogP contribution in [-0.2, 0) is 24.6 Å². The molecule has 8 nitrogen and oxygen atoms in total. The topological polar surface area (TPSA) is 104 Å². The number of amides is 4. The largest absolute Gasteiger partial charge is 0.508 e. The number of aromatic hydroxyl groups is 1. The van der Waals surface area contributed by atoms with Crippen molar-refractivity contribution in [3.8, 4) is 11.5 Å². The molecule has 4 aromatic rings. The van der Waals surface area contributed by atoms with E-state index in [0.717, 1.165) is 5.56 Å². The van der Waals surface area contributed by atoms with E-state index >= 15 is 4.79 Å². The highest BCUT2D eigenvalue weighted by atomic mass is 35.5. The minimum Gasteiger partial charge on any atom is -0.508 e. The lowest BCUT2D eigenvalue weighted by molar-refractivity contribution is -0.127. The minimum absolute atomic E-state index is 0.113. The molecule has 2 aliphatic heterocycles. The van der Waals surface area contributed by atoms with Crippen molar-refractivity contribution in [3.63, 3.8) is 0 Å². The van der Waals surface area contributed by atoms with Crippen molar-refractivity contribution in [2.45, 2.75) is 31.1 Å². The van der Waals surface area contributed by atoms with E-state index in [-0.39, 0.29) is 30.4 Å². The number of fused-ring (bicyclic) bond motifs is 4. The van der Waals surface area contributed by atoms with Gasteiger partial charge in [0.15, 0.2) is 0 Å². The van der Waals surface area contributed by atoms with Gasteiger partial charge in [-0.2, -0.15) is 0 Å². The fourth-order valence-corrected chi connectivity index (χ4v) is 9.39. The predicted molar refractivity (Wildman–Crippen MR) is 189 cm³/mol. The summed E-state index contributed by atoms with van der Waals surface area (Å²) in [6.07, 6.45) is 2.30. The summed E-state index contributed by atoms with van der Waals surface area (Å²) in [7, 11) is 1.49. The van der Waals surface area contributed by atoms with Gasteiger partial charge in [-0.05, 0) is 79.3 Å². The number of anilines is 2. The number of hydrogen-bond donors (Lipinski definition) is 1. The van der Waals surface area contributed by atoms with Crippen LogP contribution in [0.2, 0.25) is 10.0 Å². The Labute approximate surface area is 298 Å². The van der Waals surface area contributed by atoms with Crippen molar-refractivity contribution in [1.29, 1.82) is 0 Å². The highest BCUT2D eigenvalue weighted by molar-refractivity contribution is 6.33. The van der Waals surface area contributed by atoms with Gasteiger partial charge in [-0.3, -0.25) is 19.2 Å². The van der Waals surface area contributed by atoms with Gasteiger partial charge in [0, 0.05) is 21.5 Å². The van der Waals surface area contributed by atoms with Crippen molar-refractivity contribution >= 4 is 58.2 Å². The number of phenolic OH excluding ortho intramolecular Hbond substituents is 1. The van der Waals surface area contributed by atoms with Crippen LogP contribution in [0.5, 0.6) is 11.5 Å². The molecule has 4 amide bonds. The lowest BCUT2D eigenvalue weighted by Gasteiger charge is -2.51. The van der Waals surface area contributed by atoms with Gasteiger partial charge >= 0.3 is 0 Å². The first-order valence-corrected chi connectivity index (χ1v) is 17.2. The zero-order valence-electron chi connectivity index (χ0n) is 27.2. The summed E-state index contributed by atoms with van der Waals surface area (Å²) < 4.78 is 5.84. The zero-order chi connectivity index (χ0) is 35.1. The quantitative estimate of drug-likeness (QED) is 0.172. The molecule has 1 saturated carbocycles. The van der Waals surface area contributed by atoms with E-state index in [4.69, 9.17) is 27.9 Å². The van der Waals surface area contributed by atoms with E-state index in [2.05, 4.69) is 0 Å². The summed E-state index contributed by atoms with van der Waals surface area (Å²) in [5.74, 6) is -5.41. The van der Waals surface area contributed by atoms with E-state index in [0.29, 0.717) is 43.9 Å². The molecular formula is C40H32Cl2N2O6. The Morgan fingerprint density at radius 3 is 2.26 bits per heavy atom. The van der Waals surface area contributed by atoms with Crippen LogP contribution in [0.25, 0.3) is 0 Å². The number of benzene rings is 4. The molecule has 3 fully saturated rings. The Morgan fingerprint density at radius 2 is 1.54 bits per heavy atom. The normalized spacial score (nSPS) is 27.2. The number of carbonyl (C=O) groups is 4. The number of carbonyl (C=O) groups excluding carboxylic acids is 4. The van der Waals surface area contributed by atoms with Crippen molar-refractivity contribution < 1.29 is 29.0 Å². The number of imide groups is 2. The molecule has 6 unspecified atom stereocenters. The monoisotopic (exact) mass is 706 g/mol. The molecule has 2 aliphatic carbocycles. The highest BCUT2D eigenvalue weighted by Crippen LogP contribution is 2.66. The smallest absolute Gasteiger partial charge is 0.246 e.